The Morgan fingerprint density at radius 1 is 1.38 bits per heavy atom. The van der Waals surface area contributed by atoms with Crippen LogP contribution in [0.2, 0.25) is 0 Å². The second-order valence-corrected chi connectivity index (χ2v) is 5.60. The maximum atomic E-state index is 11.9. The lowest BCUT2D eigenvalue weighted by molar-refractivity contribution is -0.129. The van der Waals surface area contributed by atoms with Gasteiger partial charge in [0.15, 0.2) is 0 Å². The van der Waals surface area contributed by atoms with Crippen LogP contribution in [0.5, 0.6) is 0 Å². The van der Waals surface area contributed by atoms with Crippen LogP contribution in [-0.4, -0.2) is 41.9 Å². The largest absolute Gasteiger partial charge is 0.342 e. The molecule has 0 saturated heterocycles. The third kappa shape index (κ3) is 4.74. The van der Waals surface area contributed by atoms with Crippen LogP contribution in [0.15, 0.2) is 0 Å². The fraction of sp³-hybridized carbons (Fsp3) is 0.917. The molecule has 2 N–H and O–H groups in total. The van der Waals surface area contributed by atoms with Gasteiger partial charge in [-0.2, -0.15) is 11.8 Å². The second-order valence-electron chi connectivity index (χ2n) is 4.49. The molecule has 0 spiro atoms. The molecule has 1 aliphatic carbocycles. The van der Waals surface area contributed by atoms with Crippen molar-refractivity contribution < 1.29 is 4.79 Å². The van der Waals surface area contributed by atoms with Crippen LogP contribution in [0.1, 0.15) is 38.5 Å². The number of hydrogen-bond acceptors (Lipinski definition) is 3. The first kappa shape index (κ1) is 13.8. The van der Waals surface area contributed by atoms with E-state index in [1.807, 2.05) is 11.9 Å². The lowest BCUT2D eigenvalue weighted by atomic mass is 9.94. The molecule has 0 radical (unpaired) electrons. The smallest absolute Gasteiger partial charge is 0.232 e. The van der Waals surface area contributed by atoms with Crippen LogP contribution in [-0.2, 0) is 4.79 Å². The third-order valence-electron chi connectivity index (χ3n) is 3.23. The minimum absolute atomic E-state index is 0.286. The number of carbonyl (C=O) groups excluding carboxylic acids is 1. The Morgan fingerprint density at radius 2 is 2.06 bits per heavy atom. The van der Waals surface area contributed by atoms with Gasteiger partial charge >= 0.3 is 0 Å². The topological polar surface area (TPSA) is 46.3 Å². The maximum absolute atomic E-state index is 11.9. The van der Waals surface area contributed by atoms with Crippen LogP contribution in [0.25, 0.3) is 0 Å². The predicted molar refractivity (Wildman–Crippen MR) is 70.6 cm³/mol. The molecule has 0 atom stereocenters. The van der Waals surface area contributed by atoms with E-state index in [0.717, 1.165) is 18.7 Å². The summed E-state index contributed by atoms with van der Waals surface area (Å²) in [5, 5.41) is 0. The normalized spacial score (nSPS) is 17.4. The Morgan fingerprint density at radius 3 is 2.69 bits per heavy atom. The quantitative estimate of drug-likeness (QED) is 0.725. The molecule has 0 aromatic heterocycles. The van der Waals surface area contributed by atoms with Gasteiger partial charge in [-0.3, -0.25) is 4.79 Å². The molecule has 1 rings (SSSR count). The number of hydrogen-bond donors (Lipinski definition) is 1. The van der Waals surface area contributed by atoms with Crippen molar-refractivity contribution >= 4 is 17.7 Å². The maximum Gasteiger partial charge on any atom is 0.232 e. The highest BCUT2D eigenvalue weighted by Gasteiger charge is 2.21. The summed E-state index contributed by atoms with van der Waals surface area (Å²) in [4.78, 5) is 13.8. The number of nitrogens with two attached hydrogens (primary N) is 1. The van der Waals surface area contributed by atoms with Gasteiger partial charge in [0.25, 0.3) is 0 Å². The van der Waals surface area contributed by atoms with Gasteiger partial charge in [0, 0.05) is 13.1 Å². The molecule has 1 fully saturated rings. The lowest BCUT2D eigenvalue weighted by Gasteiger charge is -2.31. The monoisotopic (exact) mass is 244 g/mol. The molecule has 94 valence electrons. The average Bonchev–Trinajstić information content (AvgIpc) is 2.34. The molecule has 4 heteroatoms. The summed E-state index contributed by atoms with van der Waals surface area (Å²) < 4.78 is 0. The first-order chi connectivity index (χ1) is 7.75. The van der Waals surface area contributed by atoms with Gasteiger partial charge in [-0.05, 0) is 31.6 Å². The highest BCUT2D eigenvalue weighted by molar-refractivity contribution is 7.99. The van der Waals surface area contributed by atoms with E-state index in [4.69, 9.17) is 5.73 Å². The molecule has 0 unspecified atom stereocenters. The Bertz CT molecular complexity index is 205. The molecule has 1 saturated carbocycles. The molecule has 0 aliphatic heterocycles. The summed E-state index contributed by atoms with van der Waals surface area (Å²) in [6, 6.07) is 0.497. The number of amides is 1. The van der Waals surface area contributed by atoms with Crippen LogP contribution in [0.3, 0.4) is 0 Å². The predicted octanol–water partition coefficient (Wildman–Crippen LogP) is 1.86. The third-order valence-corrected chi connectivity index (χ3v) is 4.26. The van der Waals surface area contributed by atoms with Gasteiger partial charge in [0.2, 0.25) is 5.91 Å². The first-order valence-electron chi connectivity index (χ1n) is 6.29. The zero-order valence-corrected chi connectivity index (χ0v) is 11.1. The molecule has 0 heterocycles. The van der Waals surface area contributed by atoms with Gasteiger partial charge in [0.1, 0.15) is 0 Å². The molecular weight excluding hydrogens is 220 g/mol. The summed E-state index contributed by atoms with van der Waals surface area (Å²) in [6.07, 6.45) is 7.28. The first-order valence-corrected chi connectivity index (χ1v) is 7.44. The van der Waals surface area contributed by atoms with Crippen molar-refractivity contribution in [3.05, 3.63) is 0 Å². The molecular formula is C12H24N2OS. The van der Waals surface area contributed by atoms with E-state index < -0.39 is 0 Å². The minimum Gasteiger partial charge on any atom is -0.342 e. The molecule has 3 nitrogen and oxygen atoms in total. The minimum atomic E-state index is 0.286. The van der Waals surface area contributed by atoms with E-state index >= 15 is 0 Å². The van der Waals surface area contributed by atoms with Crippen LogP contribution in [0.4, 0.5) is 0 Å². The van der Waals surface area contributed by atoms with E-state index in [0.29, 0.717) is 11.8 Å². The number of rotatable bonds is 6. The van der Waals surface area contributed by atoms with Gasteiger partial charge in [0.05, 0.1) is 5.75 Å². The molecule has 1 aliphatic rings. The van der Waals surface area contributed by atoms with E-state index in [2.05, 4.69) is 0 Å². The summed E-state index contributed by atoms with van der Waals surface area (Å²) in [5.74, 6) is 1.90. The number of carbonyl (C=O) groups is 1. The van der Waals surface area contributed by atoms with Crippen LogP contribution >= 0.6 is 11.8 Å². The number of nitrogens with zero attached hydrogens (tertiary/aromatic N) is 1. The Hall–Kier alpha value is -0.220. The van der Waals surface area contributed by atoms with E-state index in [1.54, 1.807) is 11.8 Å². The average molecular weight is 244 g/mol. The lowest BCUT2D eigenvalue weighted by Crippen LogP contribution is -2.39. The fourth-order valence-corrected chi connectivity index (χ4v) is 3.01. The van der Waals surface area contributed by atoms with E-state index in [9.17, 15) is 4.79 Å². The SMILES string of the molecule is CN(C(=O)CSCCCN)C1CCCCC1. The van der Waals surface area contributed by atoms with Crippen molar-refractivity contribution in [2.75, 3.05) is 25.1 Å². The van der Waals surface area contributed by atoms with Crippen LogP contribution in [0, 0.1) is 0 Å². The van der Waals surface area contributed by atoms with E-state index in [1.165, 1.54) is 32.1 Å². The molecule has 0 bridgehead atoms. The van der Waals surface area contributed by atoms with Crippen LogP contribution < -0.4 is 5.73 Å². The van der Waals surface area contributed by atoms with Gasteiger partial charge in [-0.25, -0.2) is 0 Å². The Balaban J connectivity index is 2.18. The van der Waals surface area contributed by atoms with Crippen molar-refractivity contribution in [1.82, 2.24) is 4.90 Å². The van der Waals surface area contributed by atoms with E-state index in [-0.39, 0.29) is 5.91 Å². The molecule has 1 amide bonds. The van der Waals surface area contributed by atoms with Gasteiger partial charge < -0.3 is 10.6 Å². The van der Waals surface area contributed by atoms with Crippen molar-refractivity contribution in [3.8, 4) is 0 Å². The fourth-order valence-electron chi connectivity index (χ4n) is 2.12. The Labute approximate surface area is 103 Å². The Kier molecular flexibility index (Phi) is 6.88. The van der Waals surface area contributed by atoms with Gasteiger partial charge in [-0.1, -0.05) is 19.3 Å². The summed E-state index contributed by atoms with van der Waals surface area (Å²) in [6.45, 7) is 0.722. The second kappa shape index (κ2) is 7.96. The molecule has 0 aromatic rings. The van der Waals surface area contributed by atoms with Crippen molar-refractivity contribution in [2.24, 2.45) is 5.73 Å². The number of thioether (sulfide) groups is 1. The standard InChI is InChI=1S/C12H24N2OS/c1-14(11-6-3-2-4-7-11)12(15)10-16-9-5-8-13/h11H,2-10,13H2,1H3. The van der Waals surface area contributed by atoms with Crippen molar-refractivity contribution in [3.63, 3.8) is 0 Å². The zero-order valence-electron chi connectivity index (χ0n) is 10.3. The highest BCUT2D eigenvalue weighted by Crippen LogP contribution is 2.22. The van der Waals surface area contributed by atoms with Crippen molar-refractivity contribution in [1.29, 1.82) is 0 Å². The molecule has 0 aromatic carbocycles. The van der Waals surface area contributed by atoms with Crippen molar-refractivity contribution in [2.45, 2.75) is 44.6 Å². The summed E-state index contributed by atoms with van der Waals surface area (Å²) >= 11 is 1.71. The molecule has 16 heavy (non-hydrogen) atoms. The summed E-state index contributed by atoms with van der Waals surface area (Å²) in [7, 11) is 1.96. The highest BCUT2D eigenvalue weighted by atomic mass is 32.2. The van der Waals surface area contributed by atoms with Gasteiger partial charge in [-0.15, -0.1) is 0 Å². The summed E-state index contributed by atoms with van der Waals surface area (Å²) in [5.41, 5.74) is 5.41. The zero-order chi connectivity index (χ0) is 11.8.